The van der Waals surface area contributed by atoms with Gasteiger partial charge in [-0.2, -0.15) is 0 Å². The standard InChI is InChI=1S/C19H28N4O5/c1-2-3-4-5-6-7-8-9-10-11-15(19(24)25)20-14-12-13-16(23(26)27)18-17(14)21-28-22-18/h12-13,15,20H,2-11H2,1H3,(H,24,25). The molecule has 0 aliphatic rings. The van der Waals surface area contributed by atoms with Crippen molar-refractivity contribution in [2.45, 2.75) is 77.2 Å². The van der Waals surface area contributed by atoms with E-state index < -0.39 is 16.9 Å². The summed E-state index contributed by atoms with van der Waals surface area (Å²) in [5.41, 5.74) is 0.299. The molecule has 1 aromatic heterocycles. The lowest BCUT2D eigenvalue weighted by atomic mass is 10.0. The maximum Gasteiger partial charge on any atom is 0.326 e. The van der Waals surface area contributed by atoms with Gasteiger partial charge in [0.05, 0.1) is 10.6 Å². The first-order valence-corrected chi connectivity index (χ1v) is 9.93. The molecule has 1 atom stereocenters. The predicted molar refractivity (Wildman–Crippen MR) is 105 cm³/mol. The van der Waals surface area contributed by atoms with Crippen molar-refractivity contribution in [1.29, 1.82) is 0 Å². The number of fused-ring (bicyclic) bond motifs is 1. The Bertz CT molecular complexity index is 777. The van der Waals surface area contributed by atoms with Gasteiger partial charge in [-0.1, -0.05) is 64.7 Å². The summed E-state index contributed by atoms with van der Waals surface area (Å²) < 4.78 is 4.61. The number of rotatable bonds is 14. The maximum absolute atomic E-state index is 11.6. The van der Waals surface area contributed by atoms with Crippen LogP contribution in [0.3, 0.4) is 0 Å². The summed E-state index contributed by atoms with van der Waals surface area (Å²) in [6.45, 7) is 2.20. The summed E-state index contributed by atoms with van der Waals surface area (Å²) in [6, 6.07) is 1.91. The third kappa shape index (κ3) is 6.17. The van der Waals surface area contributed by atoms with E-state index in [1.807, 2.05) is 0 Å². The number of nitrogens with zero attached hydrogens (tertiary/aromatic N) is 3. The Hall–Kier alpha value is -2.71. The van der Waals surface area contributed by atoms with Gasteiger partial charge in [-0.3, -0.25) is 10.1 Å². The molecule has 2 aromatic rings. The minimum Gasteiger partial charge on any atom is -0.480 e. The van der Waals surface area contributed by atoms with Crippen molar-refractivity contribution in [3.05, 3.63) is 22.2 Å². The molecule has 0 aliphatic heterocycles. The number of benzene rings is 1. The topological polar surface area (TPSA) is 131 Å². The second kappa shape index (κ2) is 11.2. The summed E-state index contributed by atoms with van der Waals surface area (Å²) in [5.74, 6) is -0.970. The van der Waals surface area contributed by atoms with Gasteiger partial charge in [0.2, 0.25) is 5.52 Å². The molecule has 9 nitrogen and oxygen atoms in total. The van der Waals surface area contributed by atoms with E-state index in [1.165, 1.54) is 50.7 Å². The van der Waals surface area contributed by atoms with Crippen molar-refractivity contribution >= 4 is 28.4 Å². The number of aromatic nitrogens is 2. The third-order valence-electron chi connectivity index (χ3n) is 4.82. The van der Waals surface area contributed by atoms with Gasteiger partial charge in [-0.05, 0) is 22.8 Å². The molecule has 1 heterocycles. The molecule has 154 valence electrons. The summed E-state index contributed by atoms with van der Waals surface area (Å²) >= 11 is 0. The normalized spacial score (nSPS) is 12.2. The van der Waals surface area contributed by atoms with Crippen LogP contribution in [-0.4, -0.2) is 32.4 Å². The van der Waals surface area contributed by atoms with Crippen LogP contribution >= 0.6 is 0 Å². The monoisotopic (exact) mass is 392 g/mol. The van der Waals surface area contributed by atoms with Crippen molar-refractivity contribution in [2.75, 3.05) is 5.32 Å². The van der Waals surface area contributed by atoms with Crippen molar-refractivity contribution in [3.63, 3.8) is 0 Å². The highest BCUT2D eigenvalue weighted by Gasteiger charge is 2.23. The number of nitrogens with one attached hydrogen (secondary N) is 1. The molecule has 0 aliphatic carbocycles. The molecule has 9 heteroatoms. The van der Waals surface area contributed by atoms with Crippen molar-refractivity contribution in [2.24, 2.45) is 0 Å². The highest BCUT2D eigenvalue weighted by Crippen LogP contribution is 2.29. The summed E-state index contributed by atoms with van der Waals surface area (Å²) in [6.07, 6.45) is 10.9. The van der Waals surface area contributed by atoms with E-state index in [4.69, 9.17) is 0 Å². The zero-order valence-corrected chi connectivity index (χ0v) is 16.2. The predicted octanol–water partition coefficient (Wildman–Crippen LogP) is 4.92. The van der Waals surface area contributed by atoms with E-state index >= 15 is 0 Å². The number of hydrogen-bond acceptors (Lipinski definition) is 7. The quantitative estimate of drug-likeness (QED) is 0.263. The summed E-state index contributed by atoms with van der Waals surface area (Å²) in [7, 11) is 0. The van der Waals surface area contributed by atoms with Gasteiger partial charge in [0.25, 0.3) is 0 Å². The van der Waals surface area contributed by atoms with Crippen LogP contribution in [0.15, 0.2) is 16.8 Å². The van der Waals surface area contributed by atoms with E-state index in [0.29, 0.717) is 12.1 Å². The van der Waals surface area contributed by atoms with E-state index in [0.717, 1.165) is 19.3 Å². The van der Waals surface area contributed by atoms with Gasteiger partial charge in [0.1, 0.15) is 6.04 Å². The number of anilines is 1. The van der Waals surface area contributed by atoms with Gasteiger partial charge in [-0.15, -0.1) is 0 Å². The number of unbranched alkanes of at least 4 members (excludes halogenated alkanes) is 8. The second-order valence-corrected chi connectivity index (χ2v) is 7.00. The average molecular weight is 392 g/mol. The van der Waals surface area contributed by atoms with Crippen LogP contribution in [0.25, 0.3) is 11.0 Å². The molecule has 0 saturated heterocycles. The molecular formula is C19H28N4O5. The van der Waals surface area contributed by atoms with E-state index in [9.17, 15) is 20.0 Å². The highest BCUT2D eigenvalue weighted by molar-refractivity contribution is 5.94. The second-order valence-electron chi connectivity index (χ2n) is 7.00. The molecule has 1 aromatic carbocycles. The van der Waals surface area contributed by atoms with E-state index in [1.54, 1.807) is 0 Å². The molecular weight excluding hydrogens is 364 g/mol. The first-order valence-electron chi connectivity index (χ1n) is 9.93. The molecule has 2 N–H and O–H groups in total. The maximum atomic E-state index is 11.6. The highest BCUT2D eigenvalue weighted by atomic mass is 16.6. The lowest BCUT2D eigenvalue weighted by Gasteiger charge is -2.15. The van der Waals surface area contributed by atoms with Crippen LogP contribution in [0.5, 0.6) is 0 Å². The Morgan fingerprint density at radius 1 is 1.11 bits per heavy atom. The lowest BCUT2D eigenvalue weighted by molar-refractivity contribution is -0.383. The fraction of sp³-hybridized carbons (Fsp3) is 0.632. The van der Waals surface area contributed by atoms with Gasteiger partial charge in [0.15, 0.2) is 5.52 Å². The van der Waals surface area contributed by atoms with Crippen molar-refractivity contribution in [1.82, 2.24) is 10.3 Å². The number of nitro benzene ring substituents is 1. The lowest BCUT2D eigenvalue weighted by Crippen LogP contribution is -2.29. The molecule has 0 saturated carbocycles. The molecule has 0 fully saturated rings. The number of non-ortho nitro benzene ring substituents is 1. The summed E-state index contributed by atoms with van der Waals surface area (Å²) in [4.78, 5) is 22.1. The molecule has 0 spiro atoms. The van der Waals surface area contributed by atoms with E-state index in [-0.39, 0.29) is 16.7 Å². The Morgan fingerprint density at radius 2 is 1.71 bits per heavy atom. The number of hydrogen-bond donors (Lipinski definition) is 2. The third-order valence-corrected chi connectivity index (χ3v) is 4.82. The van der Waals surface area contributed by atoms with E-state index in [2.05, 4.69) is 27.2 Å². The molecule has 1 unspecified atom stereocenters. The minimum absolute atomic E-state index is 0.00205. The van der Waals surface area contributed by atoms with Crippen LogP contribution in [0, 0.1) is 10.1 Å². The molecule has 2 rings (SSSR count). The SMILES string of the molecule is CCCCCCCCCCCC(Nc1ccc([N+](=O)[O-])c2nonc12)C(=O)O. The van der Waals surface area contributed by atoms with Crippen LogP contribution in [0.4, 0.5) is 11.4 Å². The molecule has 0 radical (unpaired) electrons. The zero-order valence-electron chi connectivity index (χ0n) is 16.2. The van der Waals surface area contributed by atoms with Crippen LogP contribution in [0.1, 0.15) is 71.1 Å². The van der Waals surface area contributed by atoms with Crippen LogP contribution in [-0.2, 0) is 4.79 Å². The van der Waals surface area contributed by atoms with Gasteiger partial charge in [0, 0.05) is 6.07 Å². The number of aliphatic carboxylic acids is 1. The smallest absolute Gasteiger partial charge is 0.326 e. The largest absolute Gasteiger partial charge is 0.480 e. The fourth-order valence-corrected chi connectivity index (χ4v) is 3.22. The number of carbonyl (C=O) groups is 1. The summed E-state index contributed by atoms with van der Waals surface area (Å²) in [5, 5.41) is 30.7. The Labute approximate surface area is 163 Å². The van der Waals surface area contributed by atoms with Crippen LogP contribution < -0.4 is 5.32 Å². The average Bonchev–Trinajstić information content (AvgIpc) is 3.15. The van der Waals surface area contributed by atoms with Crippen LogP contribution in [0.2, 0.25) is 0 Å². The van der Waals surface area contributed by atoms with Gasteiger partial charge < -0.3 is 10.4 Å². The first-order chi connectivity index (χ1) is 13.5. The number of carboxylic acids is 1. The Morgan fingerprint density at radius 3 is 2.32 bits per heavy atom. The molecule has 28 heavy (non-hydrogen) atoms. The Balaban J connectivity index is 1.84. The minimum atomic E-state index is -0.970. The molecule has 0 bridgehead atoms. The number of carboxylic acid groups (broad SMARTS) is 1. The first kappa shape index (κ1) is 21.6. The molecule has 0 amide bonds. The van der Waals surface area contributed by atoms with Gasteiger partial charge >= 0.3 is 11.7 Å². The van der Waals surface area contributed by atoms with Crippen molar-refractivity contribution in [3.8, 4) is 0 Å². The van der Waals surface area contributed by atoms with Gasteiger partial charge in [-0.25, -0.2) is 9.42 Å². The zero-order chi connectivity index (χ0) is 20.4. The Kier molecular flexibility index (Phi) is 8.64. The fourth-order valence-electron chi connectivity index (χ4n) is 3.22. The van der Waals surface area contributed by atoms with Crippen molar-refractivity contribution < 1.29 is 19.5 Å². The number of nitro groups is 1.